The van der Waals surface area contributed by atoms with Crippen molar-refractivity contribution in [1.29, 1.82) is 0 Å². The number of benzene rings is 1. The van der Waals surface area contributed by atoms with E-state index in [9.17, 15) is 13.2 Å². The normalized spacial score (nSPS) is 18.7. The van der Waals surface area contributed by atoms with Crippen LogP contribution in [0.1, 0.15) is 23.4 Å². The Bertz CT molecular complexity index is 906. The number of nitrogens with zero attached hydrogens (tertiary/aromatic N) is 3. The zero-order valence-corrected chi connectivity index (χ0v) is 16.1. The topological polar surface area (TPSA) is 84.3 Å². The number of nitrogens with one attached hydrogen (secondary N) is 1. The molecule has 0 unspecified atom stereocenters. The fourth-order valence-corrected chi connectivity index (χ4v) is 5.03. The van der Waals surface area contributed by atoms with Crippen molar-refractivity contribution in [2.24, 2.45) is 7.05 Å². The number of sulfone groups is 1. The Morgan fingerprint density at radius 2 is 2.00 bits per heavy atom. The van der Waals surface area contributed by atoms with E-state index in [1.54, 1.807) is 9.58 Å². The molecule has 1 N–H and O–H groups in total. The highest BCUT2D eigenvalue weighted by molar-refractivity contribution is 7.91. The second-order valence-corrected chi connectivity index (χ2v) is 9.00. The lowest BCUT2D eigenvalue weighted by Crippen LogP contribution is -2.43. The van der Waals surface area contributed by atoms with E-state index in [0.29, 0.717) is 18.7 Å². The zero-order valence-electron chi connectivity index (χ0n) is 15.3. The summed E-state index contributed by atoms with van der Waals surface area (Å²) in [5, 5.41) is 7.25. The van der Waals surface area contributed by atoms with Crippen LogP contribution >= 0.6 is 0 Å². The van der Waals surface area contributed by atoms with Gasteiger partial charge in [-0.2, -0.15) is 5.10 Å². The first kappa shape index (κ1) is 18.4. The molecule has 0 bridgehead atoms. The third-order valence-electron chi connectivity index (χ3n) is 4.85. The second-order valence-electron chi connectivity index (χ2n) is 6.77. The molecule has 2 aromatic rings. The van der Waals surface area contributed by atoms with Crippen LogP contribution < -0.4 is 5.32 Å². The third-order valence-corrected chi connectivity index (χ3v) is 6.60. The molecule has 0 saturated carbocycles. The summed E-state index contributed by atoms with van der Waals surface area (Å²) in [4.78, 5) is 14.6. The van der Waals surface area contributed by atoms with E-state index in [2.05, 4.69) is 10.4 Å². The molecule has 0 spiro atoms. The van der Waals surface area contributed by atoms with Crippen LogP contribution in [0.4, 0.5) is 10.5 Å². The number of carbonyl (C=O) groups is 1. The molecule has 2 heterocycles. The van der Waals surface area contributed by atoms with Crippen LogP contribution in [0, 0.1) is 13.8 Å². The molecule has 26 heavy (non-hydrogen) atoms. The van der Waals surface area contributed by atoms with Gasteiger partial charge in [0.25, 0.3) is 0 Å². The predicted molar refractivity (Wildman–Crippen MR) is 101 cm³/mol. The van der Waals surface area contributed by atoms with Gasteiger partial charge in [-0.05, 0) is 25.8 Å². The zero-order chi connectivity index (χ0) is 18.9. The summed E-state index contributed by atoms with van der Waals surface area (Å²) in [6.07, 6.45) is 0.466. The standard InChI is InChI=1S/C18H24N4O3S/c1-13-17(14(2)21(3)20-13)19-18(23)22(11-15-7-5-4-6-8-15)16-9-10-26(24,25)12-16/h4-8,16H,9-12H2,1-3H3,(H,19,23)/t16-/m0/s1. The van der Waals surface area contributed by atoms with Crippen molar-refractivity contribution in [2.75, 3.05) is 16.8 Å². The summed E-state index contributed by atoms with van der Waals surface area (Å²) in [6.45, 7) is 4.09. The molecule has 0 radical (unpaired) electrons. The lowest BCUT2D eigenvalue weighted by atomic mass is 10.1. The van der Waals surface area contributed by atoms with Gasteiger partial charge in [0.15, 0.2) is 9.84 Å². The summed E-state index contributed by atoms with van der Waals surface area (Å²) in [6, 6.07) is 8.98. The quantitative estimate of drug-likeness (QED) is 0.887. The molecule has 1 saturated heterocycles. The van der Waals surface area contributed by atoms with Crippen molar-refractivity contribution in [3.63, 3.8) is 0 Å². The monoisotopic (exact) mass is 376 g/mol. The van der Waals surface area contributed by atoms with E-state index in [0.717, 1.165) is 17.0 Å². The predicted octanol–water partition coefficient (Wildman–Crippen LogP) is 2.26. The molecule has 8 heteroatoms. The summed E-state index contributed by atoms with van der Waals surface area (Å²) in [5.41, 5.74) is 3.23. The number of anilines is 1. The Labute approximate surface area is 153 Å². The second kappa shape index (κ2) is 7.11. The first-order valence-electron chi connectivity index (χ1n) is 8.59. The van der Waals surface area contributed by atoms with Crippen LogP contribution in [0.15, 0.2) is 30.3 Å². The van der Waals surface area contributed by atoms with Crippen LogP contribution in [0.2, 0.25) is 0 Å². The first-order valence-corrected chi connectivity index (χ1v) is 10.4. The van der Waals surface area contributed by atoms with Gasteiger partial charge < -0.3 is 10.2 Å². The highest BCUT2D eigenvalue weighted by atomic mass is 32.2. The number of aromatic nitrogens is 2. The van der Waals surface area contributed by atoms with E-state index < -0.39 is 9.84 Å². The summed E-state index contributed by atoms with van der Waals surface area (Å²) in [7, 11) is -1.27. The molecule has 1 aromatic heterocycles. The average molecular weight is 376 g/mol. The van der Waals surface area contributed by atoms with Crippen molar-refractivity contribution in [2.45, 2.75) is 32.9 Å². The minimum atomic E-state index is -3.09. The highest BCUT2D eigenvalue weighted by Crippen LogP contribution is 2.23. The van der Waals surface area contributed by atoms with E-state index in [1.165, 1.54) is 0 Å². The lowest BCUT2D eigenvalue weighted by Gasteiger charge is -2.28. The lowest BCUT2D eigenvalue weighted by molar-refractivity contribution is 0.190. The minimum Gasteiger partial charge on any atom is -0.316 e. The molecule has 140 valence electrons. The molecule has 1 aromatic carbocycles. The van der Waals surface area contributed by atoms with Crippen LogP contribution in [0.5, 0.6) is 0 Å². The van der Waals surface area contributed by atoms with Gasteiger partial charge in [-0.1, -0.05) is 30.3 Å². The van der Waals surface area contributed by atoms with Crippen molar-refractivity contribution >= 4 is 21.6 Å². The molecule has 1 fully saturated rings. The molecule has 1 aliphatic heterocycles. The Kier molecular flexibility index (Phi) is 5.04. The molecule has 0 aliphatic carbocycles. The highest BCUT2D eigenvalue weighted by Gasteiger charge is 2.35. The molecular weight excluding hydrogens is 352 g/mol. The Hall–Kier alpha value is -2.35. The van der Waals surface area contributed by atoms with Crippen molar-refractivity contribution in [1.82, 2.24) is 14.7 Å². The Balaban J connectivity index is 1.85. The number of hydrogen-bond acceptors (Lipinski definition) is 4. The van der Waals surface area contributed by atoms with E-state index in [1.807, 2.05) is 51.2 Å². The van der Waals surface area contributed by atoms with Gasteiger partial charge in [-0.3, -0.25) is 4.68 Å². The molecule has 2 amide bonds. The number of aryl methyl sites for hydroxylation is 2. The van der Waals surface area contributed by atoms with E-state index in [-0.39, 0.29) is 23.6 Å². The fraction of sp³-hybridized carbons (Fsp3) is 0.444. The van der Waals surface area contributed by atoms with Gasteiger partial charge in [0, 0.05) is 19.6 Å². The SMILES string of the molecule is Cc1nn(C)c(C)c1NC(=O)N(Cc1ccccc1)[C@H]1CCS(=O)(=O)C1. The molecule has 7 nitrogen and oxygen atoms in total. The van der Waals surface area contributed by atoms with Gasteiger partial charge in [0.05, 0.1) is 28.6 Å². The number of amides is 2. The number of hydrogen-bond donors (Lipinski definition) is 1. The summed E-state index contributed by atoms with van der Waals surface area (Å²) >= 11 is 0. The van der Waals surface area contributed by atoms with Crippen molar-refractivity contribution in [3.8, 4) is 0 Å². The smallest absolute Gasteiger partial charge is 0.316 e. The maximum Gasteiger partial charge on any atom is 0.322 e. The van der Waals surface area contributed by atoms with E-state index >= 15 is 0 Å². The van der Waals surface area contributed by atoms with Gasteiger partial charge in [-0.15, -0.1) is 0 Å². The van der Waals surface area contributed by atoms with Crippen LogP contribution in [-0.4, -0.2) is 46.7 Å². The van der Waals surface area contributed by atoms with Gasteiger partial charge in [0.2, 0.25) is 0 Å². The fourth-order valence-electron chi connectivity index (χ4n) is 3.30. The van der Waals surface area contributed by atoms with Gasteiger partial charge >= 0.3 is 6.03 Å². The largest absolute Gasteiger partial charge is 0.322 e. The maximum atomic E-state index is 13.0. The number of carbonyl (C=O) groups excluding carboxylic acids is 1. The maximum absolute atomic E-state index is 13.0. The summed E-state index contributed by atoms with van der Waals surface area (Å²) < 4.78 is 25.6. The Morgan fingerprint density at radius 3 is 2.54 bits per heavy atom. The van der Waals surface area contributed by atoms with E-state index in [4.69, 9.17) is 0 Å². The Morgan fingerprint density at radius 1 is 1.31 bits per heavy atom. The molecule has 1 aliphatic rings. The molecule has 1 atom stereocenters. The van der Waals surface area contributed by atoms with Crippen molar-refractivity contribution < 1.29 is 13.2 Å². The average Bonchev–Trinajstić information content (AvgIpc) is 3.07. The van der Waals surface area contributed by atoms with Gasteiger partial charge in [0.1, 0.15) is 0 Å². The molecular formula is C18H24N4O3S. The van der Waals surface area contributed by atoms with Gasteiger partial charge in [-0.25, -0.2) is 13.2 Å². The van der Waals surface area contributed by atoms with Crippen LogP contribution in [0.25, 0.3) is 0 Å². The number of rotatable bonds is 4. The minimum absolute atomic E-state index is 0.0122. The number of urea groups is 1. The van der Waals surface area contributed by atoms with Crippen LogP contribution in [-0.2, 0) is 23.4 Å². The van der Waals surface area contributed by atoms with Crippen LogP contribution in [0.3, 0.4) is 0 Å². The molecule has 3 rings (SSSR count). The third kappa shape index (κ3) is 3.90. The first-order chi connectivity index (χ1) is 12.3. The van der Waals surface area contributed by atoms with Crippen molar-refractivity contribution in [3.05, 3.63) is 47.3 Å². The summed E-state index contributed by atoms with van der Waals surface area (Å²) in [5.74, 6) is 0.138.